The van der Waals surface area contributed by atoms with E-state index in [2.05, 4.69) is 11.4 Å². The number of hydrogen-bond donors (Lipinski definition) is 1. The third-order valence-electron chi connectivity index (χ3n) is 6.06. The van der Waals surface area contributed by atoms with Crippen LogP contribution < -0.4 is 5.32 Å². The molecule has 4 nitrogen and oxygen atoms in total. The molecule has 174 valence electrons. The number of dihydropyridines is 1. The molecule has 0 bridgehead atoms. The topological polar surface area (TPSA) is 70.0 Å². The second-order valence-corrected chi connectivity index (χ2v) is 9.56. The van der Waals surface area contributed by atoms with Crippen molar-refractivity contribution in [3.05, 3.63) is 117 Å². The number of rotatable bonds is 7. The van der Waals surface area contributed by atoms with E-state index in [4.69, 9.17) is 0 Å². The predicted octanol–water partition coefficient (Wildman–Crippen LogP) is 6.56. The Kier molecular flexibility index (Phi) is 7.33. The molecule has 35 heavy (non-hydrogen) atoms. The van der Waals surface area contributed by atoms with Gasteiger partial charge in [0.15, 0.2) is 11.6 Å². The smallest absolute Gasteiger partial charge is 0.173 e. The van der Waals surface area contributed by atoms with Crippen molar-refractivity contribution in [2.24, 2.45) is 0 Å². The highest BCUT2D eigenvalue weighted by Crippen LogP contribution is 2.41. The Morgan fingerprint density at radius 3 is 2.26 bits per heavy atom. The standard InChI is InChI=1S/C30H26N2O2S/c1-19-8-7-11-25(16-19)29-26(17-31)30(32-20(2)28(29)21(3)33)35-18-27(34)24-14-12-23(13-15-24)22-9-5-4-6-10-22/h4-16,29,32H,18H2,1-3H3/t29-/m1/s1. The van der Waals surface area contributed by atoms with Gasteiger partial charge in [0.2, 0.25) is 0 Å². The number of hydrogen-bond acceptors (Lipinski definition) is 5. The van der Waals surface area contributed by atoms with Crippen molar-refractivity contribution in [2.45, 2.75) is 26.7 Å². The molecule has 0 aromatic heterocycles. The highest BCUT2D eigenvalue weighted by molar-refractivity contribution is 8.03. The first-order valence-corrected chi connectivity index (χ1v) is 12.4. The lowest BCUT2D eigenvalue weighted by Gasteiger charge is -2.29. The molecule has 0 spiro atoms. The van der Waals surface area contributed by atoms with Gasteiger partial charge < -0.3 is 5.32 Å². The minimum atomic E-state index is -0.457. The van der Waals surface area contributed by atoms with E-state index < -0.39 is 5.92 Å². The Balaban J connectivity index is 1.58. The first kappa shape index (κ1) is 24.3. The maximum atomic E-state index is 13.0. The zero-order valence-electron chi connectivity index (χ0n) is 20.0. The van der Waals surface area contributed by atoms with Crippen LogP contribution in [0.3, 0.4) is 0 Å². The van der Waals surface area contributed by atoms with Crippen molar-refractivity contribution in [1.29, 1.82) is 5.26 Å². The van der Waals surface area contributed by atoms with Gasteiger partial charge in [-0.15, -0.1) is 0 Å². The Labute approximate surface area is 210 Å². The van der Waals surface area contributed by atoms with E-state index in [1.807, 2.05) is 92.7 Å². The normalized spacial score (nSPS) is 15.4. The van der Waals surface area contributed by atoms with Gasteiger partial charge in [-0.2, -0.15) is 5.26 Å². The van der Waals surface area contributed by atoms with E-state index in [-0.39, 0.29) is 17.3 Å². The van der Waals surface area contributed by atoms with Gasteiger partial charge in [-0.3, -0.25) is 9.59 Å². The van der Waals surface area contributed by atoms with E-state index in [0.717, 1.165) is 22.3 Å². The lowest BCUT2D eigenvalue weighted by Crippen LogP contribution is -2.27. The van der Waals surface area contributed by atoms with Crippen LogP contribution in [-0.2, 0) is 4.79 Å². The van der Waals surface area contributed by atoms with Crippen LogP contribution in [0.15, 0.2) is 101 Å². The molecule has 1 aliphatic heterocycles. The van der Waals surface area contributed by atoms with Gasteiger partial charge >= 0.3 is 0 Å². The highest BCUT2D eigenvalue weighted by atomic mass is 32.2. The van der Waals surface area contributed by atoms with Crippen LogP contribution in [0.25, 0.3) is 11.1 Å². The number of nitrogens with one attached hydrogen (secondary N) is 1. The number of carbonyl (C=O) groups excluding carboxylic acids is 2. The number of nitriles is 1. The first-order chi connectivity index (χ1) is 16.9. The van der Waals surface area contributed by atoms with Crippen LogP contribution in [0.2, 0.25) is 0 Å². The molecule has 5 heteroatoms. The van der Waals surface area contributed by atoms with E-state index in [1.54, 1.807) is 0 Å². The van der Waals surface area contributed by atoms with Crippen molar-refractivity contribution in [3.63, 3.8) is 0 Å². The summed E-state index contributed by atoms with van der Waals surface area (Å²) in [6.45, 7) is 5.36. The summed E-state index contributed by atoms with van der Waals surface area (Å²) >= 11 is 1.30. The fraction of sp³-hybridized carbons (Fsp3) is 0.167. The maximum Gasteiger partial charge on any atom is 0.173 e. The van der Waals surface area contributed by atoms with Gasteiger partial charge in [0.1, 0.15) is 0 Å². The Morgan fingerprint density at radius 2 is 1.63 bits per heavy atom. The molecular weight excluding hydrogens is 452 g/mol. The van der Waals surface area contributed by atoms with Crippen LogP contribution in [0.4, 0.5) is 0 Å². The summed E-state index contributed by atoms with van der Waals surface area (Å²) in [6.07, 6.45) is 0. The number of allylic oxidation sites excluding steroid dienone is 3. The summed E-state index contributed by atoms with van der Waals surface area (Å²) in [6, 6.07) is 27.8. The average Bonchev–Trinajstić information content (AvgIpc) is 2.87. The molecule has 1 atom stereocenters. The molecule has 3 aromatic rings. The van der Waals surface area contributed by atoms with Crippen molar-refractivity contribution in [1.82, 2.24) is 5.32 Å². The minimum absolute atomic E-state index is 0.0210. The minimum Gasteiger partial charge on any atom is -0.353 e. The fourth-order valence-electron chi connectivity index (χ4n) is 4.38. The number of nitrogens with zero attached hydrogens (tertiary/aromatic N) is 1. The molecule has 4 rings (SSSR count). The summed E-state index contributed by atoms with van der Waals surface area (Å²) in [5.74, 6) is -0.372. The largest absolute Gasteiger partial charge is 0.353 e. The van der Waals surface area contributed by atoms with Gasteiger partial charge in [0.25, 0.3) is 0 Å². The number of carbonyl (C=O) groups is 2. The van der Waals surface area contributed by atoms with E-state index in [0.29, 0.717) is 27.4 Å². The van der Waals surface area contributed by atoms with E-state index in [9.17, 15) is 14.9 Å². The molecule has 0 aliphatic carbocycles. The van der Waals surface area contributed by atoms with Gasteiger partial charge in [0.05, 0.1) is 28.3 Å². The van der Waals surface area contributed by atoms with Gasteiger partial charge in [-0.1, -0.05) is 96.2 Å². The molecule has 0 saturated carbocycles. The maximum absolute atomic E-state index is 13.0. The van der Waals surface area contributed by atoms with Gasteiger partial charge in [-0.25, -0.2) is 0 Å². The van der Waals surface area contributed by atoms with Crippen molar-refractivity contribution in [2.75, 3.05) is 5.75 Å². The molecule has 1 N–H and O–H groups in total. The summed E-state index contributed by atoms with van der Waals surface area (Å²) in [4.78, 5) is 25.5. The second kappa shape index (κ2) is 10.6. The van der Waals surface area contributed by atoms with E-state index in [1.165, 1.54) is 18.7 Å². The molecule has 0 amide bonds. The zero-order valence-corrected chi connectivity index (χ0v) is 20.8. The SMILES string of the molecule is CC(=O)C1=C(C)NC(SCC(=O)c2ccc(-c3ccccc3)cc2)=C(C#N)[C@H]1c1cccc(C)c1. The Hall–Kier alpha value is -3.88. The molecular formula is C30H26N2O2S. The number of thioether (sulfide) groups is 1. The highest BCUT2D eigenvalue weighted by Gasteiger charge is 2.33. The Bertz CT molecular complexity index is 1380. The molecule has 0 saturated heterocycles. The number of benzene rings is 3. The lowest BCUT2D eigenvalue weighted by atomic mass is 9.80. The van der Waals surface area contributed by atoms with Crippen LogP contribution in [0.1, 0.15) is 41.3 Å². The Morgan fingerprint density at radius 1 is 0.943 bits per heavy atom. The molecule has 0 fully saturated rings. The molecule has 0 unspecified atom stereocenters. The quantitative estimate of drug-likeness (QED) is 0.389. The average molecular weight is 479 g/mol. The number of ketones is 2. The van der Waals surface area contributed by atoms with E-state index >= 15 is 0 Å². The van der Waals surface area contributed by atoms with Gasteiger partial charge in [-0.05, 0) is 37.5 Å². The number of aryl methyl sites for hydroxylation is 1. The van der Waals surface area contributed by atoms with Crippen LogP contribution >= 0.6 is 11.8 Å². The van der Waals surface area contributed by atoms with Gasteiger partial charge in [0, 0.05) is 16.8 Å². The molecule has 3 aromatic carbocycles. The third kappa shape index (κ3) is 5.29. The predicted molar refractivity (Wildman–Crippen MR) is 142 cm³/mol. The van der Waals surface area contributed by atoms with Crippen LogP contribution in [0.5, 0.6) is 0 Å². The lowest BCUT2D eigenvalue weighted by molar-refractivity contribution is -0.113. The zero-order chi connectivity index (χ0) is 24.9. The summed E-state index contributed by atoms with van der Waals surface area (Å²) in [7, 11) is 0. The molecule has 0 radical (unpaired) electrons. The fourth-order valence-corrected chi connectivity index (χ4v) is 5.36. The number of Topliss-reactive ketones (excluding diaryl/α,β-unsaturated/α-hetero) is 2. The first-order valence-electron chi connectivity index (χ1n) is 11.4. The summed E-state index contributed by atoms with van der Waals surface area (Å²) in [5, 5.41) is 13.9. The van der Waals surface area contributed by atoms with Crippen molar-refractivity contribution in [3.8, 4) is 17.2 Å². The monoisotopic (exact) mass is 478 g/mol. The van der Waals surface area contributed by atoms with Crippen molar-refractivity contribution >= 4 is 23.3 Å². The van der Waals surface area contributed by atoms with Crippen LogP contribution in [-0.4, -0.2) is 17.3 Å². The molecule has 1 aliphatic rings. The van der Waals surface area contributed by atoms with Crippen LogP contribution in [0, 0.1) is 18.3 Å². The second-order valence-electron chi connectivity index (χ2n) is 8.58. The van der Waals surface area contributed by atoms with Crippen molar-refractivity contribution < 1.29 is 9.59 Å². The summed E-state index contributed by atoms with van der Waals surface area (Å²) < 4.78 is 0. The third-order valence-corrected chi connectivity index (χ3v) is 7.08. The summed E-state index contributed by atoms with van der Waals surface area (Å²) in [5.41, 5.74) is 6.49. The molecule has 1 heterocycles.